The summed E-state index contributed by atoms with van der Waals surface area (Å²) in [6.07, 6.45) is -0.883. The van der Waals surface area contributed by atoms with E-state index in [1.54, 1.807) is 0 Å². The van der Waals surface area contributed by atoms with Crippen molar-refractivity contribution in [1.29, 1.82) is 0 Å². The van der Waals surface area contributed by atoms with Crippen molar-refractivity contribution in [3.05, 3.63) is 0 Å². The van der Waals surface area contributed by atoms with Crippen LogP contribution in [0.2, 0.25) is 0 Å². The minimum atomic E-state index is -4.44. The van der Waals surface area contributed by atoms with Crippen molar-refractivity contribution in [3.8, 4) is 0 Å². The van der Waals surface area contributed by atoms with E-state index in [0.717, 1.165) is 0 Å². The molecule has 0 bridgehead atoms. The zero-order chi connectivity index (χ0) is 11.4. The van der Waals surface area contributed by atoms with Crippen LogP contribution in [0, 0.1) is 0 Å². The Hall–Kier alpha value is 0.686. The Morgan fingerprint density at radius 3 is 1.60 bits per heavy atom. The molecule has 0 aliphatic rings. The maximum absolute atomic E-state index is 10.5. The maximum Gasteiger partial charge on any atom is 0.339 e. The van der Waals surface area contributed by atoms with Gasteiger partial charge in [0.05, 0.1) is 13.1 Å². The molecule has 0 saturated carbocycles. The Morgan fingerprint density at radius 2 is 1.40 bits per heavy atom. The van der Waals surface area contributed by atoms with Crippen molar-refractivity contribution in [1.82, 2.24) is 4.90 Å². The molecule has 4 N–H and O–H groups in total. The van der Waals surface area contributed by atoms with Crippen molar-refractivity contribution in [3.63, 3.8) is 0 Å². The molecule has 8 nitrogen and oxygen atoms in total. The van der Waals surface area contributed by atoms with Crippen LogP contribution in [-0.2, 0) is 14.2 Å². The van der Waals surface area contributed by atoms with Crippen molar-refractivity contribution in [2.45, 2.75) is 0 Å². The average molecular weight is 266 g/mol. The molecule has 0 aliphatic carbocycles. The van der Waals surface area contributed by atoms with Gasteiger partial charge in [-0.15, -0.1) is 0 Å². The fourth-order valence-electron chi connectivity index (χ4n) is 0.799. The largest absolute Gasteiger partial charge is 0.480 e. The van der Waals surface area contributed by atoms with Crippen LogP contribution in [0.3, 0.4) is 0 Å². The molecular weight excluding hydrogens is 256 g/mol. The molecule has 0 fully saturated rings. The molecule has 0 unspecified atom stereocenters. The number of carboxylic acid groups (broad SMARTS) is 2. The van der Waals surface area contributed by atoms with Crippen LogP contribution in [0.1, 0.15) is 0 Å². The summed E-state index contributed by atoms with van der Waals surface area (Å²) in [6, 6.07) is 0. The van der Waals surface area contributed by atoms with Gasteiger partial charge in [-0.3, -0.25) is 19.1 Å². The van der Waals surface area contributed by atoms with Gasteiger partial charge in [0.2, 0.25) is 0 Å². The van der Waals surface area contributed by atoms with E-state index in [2.05, 4.69) is 0 Å². The first-order chi connectivity index (χ1) is 6.20. The Balaban J connectivity index is 0. The van der Waals surface area contributed by atoms with E-state index in [1.165, 1.54) is 0 Å². The van der Waals surface area contributed by atoms with Crippen molar-refractivity contribution < 1.29 is 34.2 Å². The summed E-state index contributed by atoms with van der Waals surface area (Å²) in [4.78, 5) is 38.0. The summed E-state index contributed by atoms with van der Waals surface area (Å²) >= 11 is 0. The molecular formula is C5H10KNO7P. The maximum atomic E-state index is 10.5. The number of rotatable bonds is 6. The van der Waals surface area contributed by atoms with Crippen LogP contribution in [0.15, 0.2) is 0 Å². The molecule has 0 atom stereocenters. The number of hydrogen-bond acceptors (Lipinski definition) is 4. The third-order valence-electron chi connectivity index (χ3n) is 1.10. The predicted octanol–water partition coefficient (Wildman–Crippen LogP) is -1.79. The molecule has 0 aromatic rings. The van der Waals surface area contributed by atoms with Crippen LogP contribution in [0.5, 0.6) is 0 Å². The topological polar surface area (TPSA) is 135 Å². The summed E-state index contributed by atoms with van der Waals surface area (Å²) in [7, 11) is -4.44. The molecule has 0 spiro atoms. The first kappa shape index (κ1) is 18.1. The Labute approximate surface area is 128 Å². The first-order valence-electron chi connectivity index (χ1n) is 3.41. The van der Waals surface area contributed by atoms with Gasteiger partial charge in [-0.25, -0.2) is 0 Å². The summed E-state index contributed by atoms with van der Waals surface area (Å²) in [6.45, 7) is -1.45. The van der Waals surface area contributed by atoms with Crippen LogP contribution in [-0.4, -0.2) is 108 Å². The van der Waals surface area contributed by atoms with Gasteiger partial charge in [0.15, 0.2) is 0 Å². The molecule has 0 rings (SSSR count). The van der Waals surface area contributed by atoms with Crippen LogP contribution in [0.25, 0.3) is 0 Å². The summed E-state index contributed by atoms with van der Waals surface area (Å²) < 4.78 is 10.5. The quantitative estimate of drug-likeness (QED) is 0.327. The monoisotopic (exact) mass is 266 g/mol. The fourth-order valence-corrected chi connectivity index (χ4v) is 1.52. The number of nitrogens with zero attached hydrogens (tertiary/aromatic N) is 1. The third-order valence-corrected chi connectivity index (χ3v) is 1.87. The van der Waals surface area contributed by atoms with Crippen LogP contribution < -0.4 is 0 Å². The van der Waals surface area contributed by atoms with Gasteiger partial charge in [-0.05, 0) is 0 Å². The molecule has 0 aromatic heterocycles. The van der Waals surface area contributed by atoms with Crippen molar-refractivity contribution in [2.75, 3.05) is 19.4 Å². The second kappa shape index (κ2) is 7.88. The number of aliphatic carboxylic acids is 2. The average Bonchev–Trinajstić information content (AvgIpc) is 1.77. The molecule has 0 heterocycles. The van der Waals surface area contributed by atoms with Crippen molar-refractivity contribution >= 4 is 70.9 Å². The van der Waals surface area contributed by atoms with E-state index in [1.807, 2.05) is 0 Å². The van der Waals surface area contributed by atoms with Gasteiger partial charge in [0, 0.05) is 51.4 Å². The van der Waals surface area contributed by atoms with Crippen LogP contribution >= 0.6 is 7.60 Å². The van der Waals surface area contributed by atoms with Crippen molar-refractivity contribution in [2.24, 2.45) is 0 Å². The van der Waals surface area contributed by atoms with E-state index in [4.69, 9.17) is 20.0 Å². The summed E-state index contributed by atoms with van der Waals surface area (Å²) in [5.74, 6) is -2.70. The molecule has 10 heteroatoms. The summed E-state index contributed by atoms with van der Waals surface area (Å²) in [5, 5.41) is 16.6. The molecule has 1 radical (unpaired) electrons. The zero-order valence-electron chi connectivity index (χ0n) is 8.03. The van der Waals surface area contributed by atoms with E-state index in [0.29, 0.717) is 4.90 Å². The second-order valence-electron chi connectivity index (χ2n) is 2.58. The second-order valence-corrected chi connectivity index (χ2v) is 4.19. The normalized spacial score (nSPS) is 10.9. The van der Waals surface area contributed by atoms with E-state index >= 15 is 0 Å². The molecule has 0 saturated heterocycles. The Morgan fingerprint density at radius 1 is 1.07 bits per heavy atom. The minimum absolute atomic E-state index is 0. The van der Waals surface area contributed by atoms with Crippen LogP contribution in [0.4, 0.5) is 0 Å². The van der Waals surface area contributed by atoms with E-state index in [9.17, 15) is 14.2 Å². The van der Waals surface area contributed by atoms with E-state index < -0.39 is 38.9 Å². The first-order valence-corrected chi connectivity index (χ1v) is 5.21. The SMILES string of the molecule is O=C(O)CN(CC(=O)O)CP(=O)(O)O.[K]. The predicted molar refractivity (Wildman–Crippen MR) is 49.5 cm³/mol. The minimum Gasteiger partial charge on any atom is -0.480 e. The van der Waals surface area contributed by atoms with Gasteiger partial charge >= 0.3 is 19.5 Å². The Bertz CT molecular complexity index is 261. The molecule has 0 aromatic carbocycles. The van der Waals surface area contributed by atoms with Gasteiger partial charge in [-0.1, -0.05) is 0 Å². The summed E-state index contributed by atoms with van der Waals surface area (Å²) in [5.41, 5.74) is 0. The Kier molecular flexibility index (Phi) is 9.49. The van der Waals surface area contributed by atoms with Gasteiger partial charge in [0.25, 0.3) is 0 Å². The number of carboxylic acids is 2. The molecule has 15 heavy (non-hydrogen) atoms. The number of hydrogen-bond donors (Lipinski definition) is 4. The smallest absolute Gasteiger partial charge is 0.339 e. The van der Waals surface area contributed by atoms with Gasteiger partial charge in [-0.2, -0.15) is 0 Å². The molecule has 0 aliphatic heterocycles. The molecule has 0 amide bonds. The molecule has 83 valence electrons. The van der Waals surface area contributed by atoms with Gasteiger partial charge < -0.3 is 20.0 Å². The third kappa shape index (κ3) is 12.6. The van der Waals surface area contributed by atoms with E-state index in [-0.39, 0.29) is 51.4 Å². The number of carbonyl (C=O) groups is 2. The van der Waals surface area contributed by atoms with Gasteiger partial charge in [0.1, 0.15) is 6.29 Å². The standard InChI is InChI=1S/C5H10NO7P.K/c7-4(8)1-6(2-5(9)10)3-14(11,12)13;/h1-3H2,(H,7,8)(H,9,10)(H2,11,12,13);. The fraction of sp³-hybridized carbons (Fsp3) is 0.600. The zero-order valence-corrected chi connectivity index (χ0v) is 12.0.